The van der Waals surface area contributed by atoms with Gasteiger partial charge in [0.05, 0.1) is 7.11 Å². The van der Waals surface area contributed by atoms with Crippen molar-refractivity contribution in [3.05, 3.63) is 89.5 Å². The second-order valence-corrected chi connectivity index (χ2v) is 7.73. The van der Waals surface area contributed by atoms with Crippen LogP contribution in [0.15, 0.2) is 72.8 Å². The average molecular weight is 491 g/mol. The van der Waals surface area contributed by atoms with Gasteiger partial charge in [-0.2, -0.15) is 0 Å². The van der Waals surface area contributed by atoms with E-state index in [4.69, 9.17) is 14.2 Å². The normalized spacial score (nSPS) is 11.1. The molecule has 0 unspecified atom stereocenters. The second kappa shape index (κ2) is 12.2. The maximum Gasteiger partial charge on any atom is 0.279 e. The molecule has 2 N–H and O–H groups in total. The van der Waals surface area contributed by atoms with E-state index in [9.17, 15) is 19.2 Å². The van der Waals surface area contributed by atoms with Crippen molar-refractivity contribution in [2.45, 2.75) is 20.0 Å². The number of nitrogens with one attached hydrogen (secondary N) is 2. The molecule has 0 aromatic heterocycles. The lowest BCUT2D eigenvalue weighted by atomic mass is 10.0. The monoisotopic (exact) mass is 490 g/mol. The quantitative estimate of drug-likeness (QED) is 0.331. The van der Waals surface area contributed by atoms with Gasteiger partial charge in [0.2, 0.25) is 0 Å². The van der Waals surface area contributed by atoms with E-state index in [1.165, 1.54) is 33.1 Å². The molecule has 0 fully saturated rings. The molecular formula is C27H26N2O7. The van der Waals surface area contributed by atoms with Crippen molar-refractivity contribution < 1.29 is 33.4 Å². The highest BCUT2D eigenvalue weighted by Crippen LogP contribution is 2.28. The lowest BCUT2D eigenvalue weighted by Gasteiger charge is -2.16. The van der Waals surface area contributed by atoms with Gasteiger partial charge in [0.15, 0.2) is 35.8 Å². The van der Waals surface area contributed by atoms with Gasteiger partial charge in [-0.25, -0.2) is 0 Å². The zero-order valence-electron chi connectivity index (χ0n) is 20.1. The van der Waals surface area contributed by atoms with Gasteiger partial charge in [-0.1, -0.05) is 30.3 Å². The molecule has 0 heterocycles. The predicted molar refractivity (Wildman–Crippen MR) is 131 cm³/mol. The fourth-order valence-corrected chi connectivity index (χ4v) is 3.12. The third kappa shape index (κ3) is 6.92. The van der Waals surface area contributed by atoms with E-state index in [-0.39, 0.29) is 17.3 Å². The molecule has 0 radical (unpaired) electrons. The Balaban J connectivity index is 1.46. The van der Waals surface area contributed by atoms with Gasteiger partial charge in [0.25, 0.3) is 11.8 Å². The molecular weight excluding hydrogens is 464 g/mol. The molecule has 3 aromatic rings. The number of methoxy groups -OCH3 is 1. The summed E-state index contributed by atoms with van der Waals surface area (Å²) in [6.07, 6.45) is -0.930. The third-order valence-corrected chi connectivity index (χ3v) is 5.09. The Morgan fingerprint density at radius 1 is 0.806 bits per heavy atom. The van der Waals surface area contributed by atoms with Gasteiger partial charge in [-0.3, -0.25) is 30.0 Å². The van der Waals surface area contributed by atoms with Crippen LogP contribution in [0.1, 0.15) is 40.1 Å². The maximum absolute atomic E-state index is 12.5. The summed E-state index contributed by atoms with van der Waals surface area (Å²) in [4.78, 5) is 48.3. The summed E-state index contributed by atoms with van der Waals surface area (Å²) in [5.41, 5.74) is 6.03. The van der Waals surface area contributed by atoms with Gasteiger partial charge in [0, 0.05) is 16.7 Å². The lowest BCUT2D eigenvalue weighted by Crippen LogP contribution is -2.48. The predicted octanol–water partition coefficient (Wildman–Crippen LogP) is 3.12. The molecule has 9 nitrogen and oxygen atoms in total. The Morgan fingerprint density at radius 2 is 1.44 bits per heavy atom. The van der Waals surface area contributed by atoms with Crippen LogP contribution in [0.3, 0.4) is 0 Å². The van der Waals surface area contributed by atoms with Crippen molar-refractivity contribution in [2.75, 3.05) is 13.7 Å². The minimum Gasteiger partial charge on any atom is -0.493 e. The fraction of sp³-hybridized carbons (Fsp3) is 0.185. The highest BCUT2D eigenvalue weighted by molar-refractivity contribution is 6.09. The smallest absolute Gasteiger partial charge is 0.279 e. The van der Waals surface area contributed by atoms with Gasteiger partial charge >= 0.3 is 0 Å². The minimum atomic E-state index is -0.930. The summed E-state index contributed by atoms with van der Waals surface area (Å²) in [6, 6.07) is 19.9. The molecule has 0 bridgehead atoms. The van der Waals surface area contributed by atoms with Crippen molar-refractivity contribution in [2.24, 2.45) is 0 Å². The fourth-order valence-electron chi connectivity index (χ4n) is 3.12. The van der Waals surface area contributed by atoms with Crippen LogP contribution in [0.4, 0.5) is 0 Å². The largest absolute Gasteiger partial charge is 0.493 e. The summed E-state index contributed by atoms with van der Waals surface area (Å²) >= 11 is 0. The number of ketones is 2. The van der Waals surface area contributed by atoms with Crippen molar-refractivity contribution in [3.63, 3.8) is 0 Å². The first-order valence-corrected chi connectivity index (χ1v) is 11.1. The van der Waals surface area contributed by atoms with Crippen LogP contribution in [-0.4, -0.2) is 43.2 Å². The number of benzene rings is 3. The number of ether oxygens (including phenoxy) is 3. The molecule has 3 rings (SSSR count). The average Bonchev–Trinajstić information content (AvgIpc) is 2.90. The standard InChI is InChI=1S/C27H26N2O7/c1-17(30)21-11-14-23(24(15-21)34-3)35-16-25(31)28-29-27(33)18(2)36-22-12-9-20(10-13-22)26(32)19-7-5-4-6-8-19/h4-15,18H,16H2,1-3H3,(H,28,31)(H,29,33)/t18-/m1/s1. The summed E-state index contributed by atoms with van der Waals surface area (Å²) in [5.74, 6) is -0.488. The van der Waals surface area contributed by atoms with Crippen LogP contribution in [0.25, 0.3) is 0 Å². The summed E-state index contributed by atoms with van der Waals surface area (Å²) in [7, 11) is 1.42. The van der Waals surface area contributed by atoms with Gasteiger partial charge in [-0.15, -0.1) is 0 Å². The molecule has 0 saturated carbocycles. The highest BCUT2D eigenvalue weighted by atomic mass is 16.5. The molecule has 1 atom stereocenters. The zero-order chi connectivity index (χ0) is 26.1. The van der Waals surface area contributed by atoms with Crippen LogP contribution in [0.5, 0.6) is 17.2 Å². The van der Waals surface area contributed by atoms with Gasteiger partial charge in [-0.05, 0) is 56.3 Å². The first-order chi connectivity index (χ1) is 17.3. The summed E-state index contributed by atoms with van der Waals surface area (Å²) in [6.45, 7) is 2.54. The van der Waals surface area contributed by atoms with E-state index in [0.717, 1.165) is 0 Å². The van der Waals surface area contributed by atoms with Gasteiger partial charge < -0.3 is 14.2 Å². The number of amides is 2. The molecule has 0 aliphatic carbocycles. The number of carbonyl (C=O) groups excluding carboxylic acids is 4. The van der Waals surface area contributed by atoms with Crippen LogP contribution < -0.4 is 25.1 Å². The van der Waals surface area contributed by atoms with E-state index < -0.39 is 24.5 Å². The molecule has 186 valence electrons. The molecule has 0 saturated heterocycles. The molecule has 9 heteroatoms. The number of Topliss-reactive ketones (excluding diaryl/α,β-unsaturated/α-hetero) is 1. The van der Waals surface area contributed by atoms with E-state index in [2.05, 4.69) is 10.9 Å². The zero-order valence-corrected chi connectivity index (χ0v) is 20.1. The van der Waals surface area contributed by atoms with Crippen molar-refractivity contribution in [1.82, 2.24) is 10.9 Å². The number of hydrogen-bond donors (Lipinski definition) is 2. The van der Waals surface area contributed by atoms with E-state index >= 15 is 0 Å². The number of hydrogen-bond acceptors (Lipinski definition) is 7. The van der Waals surface area contributed by atoms with Crippen molar-refractivity contribution >= 4 is 23.4 Å². The lowest BCUT2D eigenvalue weighted by molar-refractivity contribution is -0.133. The van der Waals surface area contributed by atoms with E-state index in [0.29, 0.717) is 28.2 Å². The molecule has 3 aromatic carbocycles. The Kier molecular flexibility index (Phi) is 8.77. The van der Waals surface area contributed by atoms with Crippen LogP contribution >= 0.6 is 0 Å². The van der Waals surface area contributed by atoms with Crippen LogP contribution in [0, 0.1) is 0 Å². The van der Waals surface area contributed by atoms with E-state index in [1.54, 1.807) is 54.6 Å². The minimum absolute atomic E-state index is 0.120. The van der Waals surface area contributed by atoms with E-state index in [1.807, 2.05) is 6.07 Å². The Bertz CT molecular complexity index is 1240. The summed E-state index contributed by atoms with van der Waals surface area (Å²) < 4.78 is 16.2. The number of carbonyl (C=O) groups is 4. The second-order valence-electron chi connectivity index (χ2n) is 7.73. The molecule has 0 aliphatic rings. The molecule has 0 aliphatic heterocycles. The van der Waals surface area contributed by atoms with Gasteiger partial charge in [0.1, 0.15) is 5.75 Å². The first kappa shape index (κ1) is 26.0. The number of rotatable bonds is 10. The Labute approximate surface area is 208 Å². The maximum atomic E-state index is 12.5. The van der Waals surface area contributed by atoms with Crippen molar-refractivity contribution in [1.29, 1.82) is 0 Å². The molecule has 2 amide bonds. The first-order valence-electron chi connectivity index (χ1n) is 11.1. The third-order valence-electron chi connectivity index (χ3n) is 5.09. The highest BCUT2D eigenvalue weighted by Gasteiger charge is 2.17. The Morgan fingerprint density at radius 3 is 2.08 bits per heavy atom. The topological polar surface area (TPSA) is 120 Å². The Hall–Kier alpha value is -4.66. The van der Waals surface area contributed by atoms with Crippen molar-refractivity contribution in [3.8, 4) is 17.2 Å². The summed E-state index contributed by atoms with van der Waals surface area (Å²) in [5, 5.41) is 0. The molecule has 0 spiro atoms. The van der Waals surface area contributed by atoms with Crippen LogP contribution in [0.2, 0.25) is 0 Å². The SMILES string of the molecule is COc1cc(C(C)=O)ccc1OCC(=O)NNC(=O)[C@@H](C)Oc1ccc(C(=O)c2ccccc2)cc1. The van der Waals surface area contributed by atoms with Crippen LogP contribution in [-0.2, 0) is 9.59 Å². The molecule has 36 heavy (non-hydrogen) atoms. The number of hydrazine groups is 1.